The number of aliphatic imine (C=N–C) groups is 1. The van der Waals surface area contributed by atoms with E-state index in [0.29, 0.717) is 6.10 Å². The van der Waals surface area contributed by atoms with Crippen molar-refractivity contribution in [3.8, 4) is 0 Å². The Balaban J connectivity index is 1.80. The van der Waals surface area contributed by atoms with Crippen molar-refractivity contribution in [3.63, 3.8) is 0 Å². The van der Waals surface area contributed by atoms with Gasteiger partial charge in [0.05, 0.1) is 6.10 Å². The molecule has 0 unspecified atom stereocenters. The molecule has 0 spiro atoms. The maximum Gasteiger partial charge on any atom is 0.193 e. The largest absolute Gasteiger partial charge is 0.378 e. The van der Waals surface area contributed by atoms with Gasteiger partial charge in [-0.1, -0.05) is 12.1 Å². The highest BCUT2D eigenvalue weighted by molar-refractivity contribution is 5.80. The minimum atomic E-state index is 0.413. The Labute approximate surface area is 153 Å². The second-order valence-corrected chi connectivity index (χ2v) is 6.53. The van der Waals surface area contributed by atoms with Crippen LogP contribution in [-0.2, 0) is 4.74 Å². The summed E-state index contributed by atoms with van der Waals surface area (Å²) < 4.78 is 5.74. The monoisotopic (exact) mass is 346 g/mol. The molecule has 0 amide bonds. The van der Waals surface area contributed by atoms with E-state index in [0.717, 1.165) is 58.1 Å². The minimum absolute atomic E-state index is 0.413. The van der Waals surface area contributed by atoms with E-state index in [-0.39, 0.29) is 0 Å². The quantitative estimate of drug-likeness (QED) is 0.609. The summed E-state index contributed by atoms with van der Waals surface area (Å²) in [5.41, 5.74) is 2.59. The highest BCUT2D eigenvalue weighted by Gasteiger charge is 2.21. The van der Waals surface area contributed by atoms with Crippen LogP contribution in [-0.4, -0.2) is 63.3 Å². The highest BCUT2D eigenvalue weighted by Crippen LogP contribution is 2.15. The summed E-state index contributed by atoms with van der Waals surface area (Å²) in [6, 6.07) is 8.70. The molecule has 1 aromatic carbocycles. The molecule has 0 aliphatic carbocycles. The van der Waals surface area contributed by atoms with Crippen molar-refractivity contribution in [1.82, 2.24) is 10.2 Å². The van der Waals surface area contributed by atoms with Crippen molar-refractivity contribution in [1.29, 1.82) is 0 Å². The molecule has 1 aliphatic heterocycles. The number of hydrogen-bond donors (Lipinski definition) is 1. The van der Waals surface area contributed by atoms with Crippen LogP contribution in [0.5, 0.6) is 0 Å². The predicted octanol–water partition coefficient (Wildman–Crippen LogP) is 2.90. The molecule has 1 N–H and O–H groups in total. The summed E-state index contributed by atoms with van der Waals surface area (Å²) in [6.45, 7) is 12.1. The fraction of sp³-hybridized carbons (Fsp3) is 0.650. The summed E-state index contributed by atoms with van der Waals surface area (Å²) in [4.78, 5) is 9.21. The third-order valence-electron chi connectivity index (χ3n) is 4.77. The third kappa shape index (κ3) is 5.92. The van der Waals surface area contributed by atoms with E-state index >= 15 is 0 Å². The Morgan fingerprint density at radius 2 is 2.08 bits per heavy atom. The van der Waals surface area contributed by atoms with E-state index in [1.54, 1.807) is 0 Å². The zero-order valence-electron chi connectivity index (χ0n) is 16.3. The molecular weight excluding hydrogens is 312 g/mol. The number of likely N-dealkylation sites (tertiary alicyclic amines) is 1. The molecule has 1 saturated heterocycles. The summed E-state index contributed by atoms with van der Waals surface area (Å²) >= 11 is 0. The SMILES string of the molecule is CCOC1CCN(C(=NC)NCCN(CC)c2cccc(C)c2)CC1. The number of nitrogens with one attached hydrogen (secondary N) is 1. The van der Waals surface area contributed by atoms with Crippen molar-refractivity contribution in [2.75, 3.05) is 51.3 Å². The second kappa shape index (κ2) is 10.3. The lowest BCUT2D eigenvalue weighted by atomic mass is 10.1. The summed E-state index contributed by atoms with van der Waals surface area (Å²) in [5.74, 6) is 1.01. The van der Waals surface area contributed by atoms with Crippen molar-refractivity contribution in [2.45, 2.75) is 39.7 Å². The number of anilines is 1. The molecule has 1 aromatic rings. The summed E-state index contributed by atoms with van der Waals surface area (Å²) in [5, 5.41) is 3.53. The van der Waals surface area contributed by atoms with Gasteiger partial charge in [-0.2, -0.15) is 0 Å². The van der Waals surface area contributed by atoms with Crippen LogP contribution in [0.4, 0.5) is 5.69 Å². The summed E-state index contributed by atoms with van der Waals surface area (Å²) in [6.07, 6.45) is 2.58. The lowest BCUT2D eigenvalue weighted by Gasteiger charge is -2.34. The van der Waals surface area contributed by atoms with Gasteiger partial charge in [-0.15, -0.1) is 0 Å². The van der Waals surface area contributed by atoms with Crippen LogP contribution >= 0.6 is 0 Å². The molecule has 1 fully saturated rings. The molecule has 0 radical (unpaired) electrons. The molecule has 5 heteroatoms. The number of piperidine rings is 1. The van der Waals surface area contributed by atoms with Crippen LogP contribution < -0.4 is 10.2 Å². The molecule has 1 heterocycles. The number of guanidine groups is 1. The molecule has 0 bridgehead atoms. The smallest absolute Gasteiger partial charge is 0.193 e. The van der Waals surface area contributed by atoms with Crippen LogP contribution in [0.1, 0.15) is 32.3 Å². The Hall–Kier alpha value is -1.75. The molecule has 0 saturated carbocycles. The molecule has 1 aliphatic rings. The number of aryl methyl sites for hydroxylation is 1. The Morgan fingerprint density at radius 1 is 1.32 bits per heavy atom. The fourth-order valence-electron chi connectivity index (χ4n) is 3.40. The Morgan fingerprint density at radius 3 is 2.68 bits per heavy atom. The number of benzene rings is 1. The van der Waals surface area contributed by atoms with E-state index in [2.05, 4.69) is 65.1 Å². The standard InChI is InChI=1S/C20H34N4O/c1-5-23(18-9-7-8-17(3)16-18)15-12-22-20(21-4)24-13-10-19(11-14-24)25-6-2/h7-9,16,19H,5-6,10-15H2,1-4H3,(H,21,22). The fourth-order valence-corrected chi connectivity index (χ4v) is 3.40. The van der Waals surface area contributed by atoms with E-state index in [1.165, 1.54) is 11.3 Å². The van der Waals surface area contributed by atoms with E-state index in [1.807, 2.05) is 7.05 Å². The molecular formula is C20H34N4O. The van der Waals surface area contributed by atoms with Gasteiger partial charge in [0.15, 0.2) is 5.96 Å². The van der Waals surface area contributed by atoms with Gasteiger partial charge >= 0.3 is 0 Å². The third-order valence-corrected chi connectivity index (χ3v) is 4.77. The van der Waals surface area contributed by atoms with Crippen molar-refractivity contribution in [3.05, 3.63) is 29.8 Å². The van der Waals surface area contributed by atoms with Crippen molar-refractivity contribution >= 4 is 11.6 Å². The van der Waals surface area contributed by atoms with Crippen LogP contribution in [0, 0.1) is 6.92 Å². The number of ether oxygens (including phenoxy) is 1. The van der Waals surface area contributed by atoms with Crippen molar-refractivity contribution < 1.29 is 4.74 Å². The van der Waals surface area contributed by atoms with Gasteiger partial charge in [0.2, 0.25) is 0 Å². The van der Waals surface area contributed by atoms with Crippen molar-refractivity contribution in [2.24, 2.45) is 4.99 Å². The van der Waals surface area contributed by atoms with Gasteiger partial charge in [0.1, 0.15) is 0 Å². The molecule has 2 rings (SSSR count). The van der Waals surface area contributed by atoms with Gasteiger partial charge in [-0.05, 0) is 51.3 Å². The lowest BCUT2D eigenvalue weighted by Crippen LogP contribution is -2.48. The van der Waals surface area contributed by atoms with Crippen LogP contribution in [0.3, 0.4) is 0 Å². The average molecular weight is 347 g/mol. The van der Waals surface area contributed by atoms with Crippen LogP contribution in [0.2, 0.25) is 0 Å². The van der Waals surface area contributed by atoms with Gasteiger partial charge < -0.3 is 19.9 Å². The second-order valence-electron chi connectivity index (χ2n) is 6.53. The maximum absolute atomic E-state index is 5.74. The first-order chi connectivity index (χ1) is 12.2. The van der Waals surface area contributed by atoms with Gasteiger partial charge in [0, 0.05) is 52.1 Å². The minimum Gasteiger partial charge on any atom is -0.378 e. The highest BCUT2D eigenvalue weighted by atomic mass is 16.5. The molecule has 25 heavy (non-hydrogen) atoms. The Bertz CT molecular complexity index is 538. The number of rotatable bonds is 7. The van der Waals surface area contributed by atoms with Gasteiger partial charge in [-0.25, -0.2) is 0 Å². The topological polar surface area (TPSA) is 40.1 Å². The van der Waals surface area contributed by atoms with Gasteiger partial charge in [-0.3, -0.25) is 4.99 Å². The maximum atomic E-state index is 5.74. The lowest BCUT2D eigenvalue weighted by molar-refractivity contribution is 0.0264. The Kier molecular flexibility index (Phi) is 8.06. The zero-order chi connectivity index (χ0) is 18.1. The number of hydrogen-bond acceptors (Lipinski definition) is 3. The predicted molar refractivity (Wildman–Crippen MR) is 107 cm³/mol. The summed E-state index contributed by atoms with van der Waals surface area (Å²) in [7, 11) is 1.87. The van der Waals surface area contributed by atoms with E-state index < -0.39 is 0 Å². The molecule has 5 nitrogen and oxygen atoms in total. The molecule has 140 valence electrons. The average Bonchev–Trinajstić information content (AvgIpc) is 2.63. The van der Waals surface area contributed by atoms with Gasteiger partial charge in [0.25, 0.3) is 0 Å². The van der Waals surface area contributed by atoms with Crippen LogP contribution in [0.25, 0.3) is 0 Å². The molecule has 0 atom stereocenters. The first kappa shape index (κ1) is 19.6. The number of nitrogens with zero attached hydrogens (tertiary/aromatic N) is 3. The zero-order valence-corrected chi connectivity index (χ0v) is 16.3. The van der Waals surface area contributed by atoms with E-state index in [9.17, 15) is 0 Å². The van der Waals surface area contributed by atoms with Crippen LogP contribution in [0.15, 0.2) is 29.3 Å². The molecule has 0 aromatic heterocycles. The normalized spacial score (nSPS) is 16.2. The number of likely N-dealkylation sites (N-methyl/N-ethyl adjacent to an activating group) is 1. The first-order valence-corrected chi connectivity index (χ1v) is 9.56. The van der Waals surface area contributed by atoms with E-state index in [4.69, 9.17) is 4.74 Å². The first-order valence-electron chi connectivity index (χ1n) is 9.56.